The van der Waals surface area contributed by atoms with E-state index in [0.717, 1.165) is 58.2 Å². The summed E-state index contributed by atoms with van der Waals surface area (Å²) in [6, 6.07) is 0. The molecule has 6 atom stereocenters. The van der Waals surface area contributed by atoms with Gasteiger partial charge in [0.05, 0.1) is 18.8 Å². The molecule has 2 aliphatic carbocycles. The number of unbranched alkanes of at least 4 members (excludes halogenated alkanes) is 1. The summed E-state index contributed by atoms with van der Waals surface area (Å²) in [5.41, 5.74) is 1.45. The van der Waals surface area contributed by atoms with Gasteiger partial charge in [0.25, 0.3) is 0 Å². The van der Waals surface area contributed by atoms with Crippen LogP contribution in [0.3, 0.4) is 0 Å². The average Bonchev–Trinajstić information content (AvgIpc) is 3.45. The van der Waals surface area contributed by atoms with Gasteiger partial charge < -0.3 is 20.4 Å². The van der Waals surface area contributed by atoms with Crippen LogP contribution < -0.4 is 5.32 Å². The van der Waals surface area contributed by atoms with Crippen LogP contribution in [0.4, 0.5) is 0 Å². The lowest BCUT2D eigenvalue weighted by Gasteiger charge is -2.20. The maximum atomic E-state index is 12.1. The van der Waals surface area contributed by atoms with Crippen LogP contribution in [0.2, 0.25) is 0 Å². The summed E-state index contributed by atoms with van der Waals surface area (Å²) in [4.78, 5) is 14.1. The third-order valence-electron chi connectivity index (χ3n) is 7.56. The van der Waals surface area contributed by atoms with Gasteiger partial charge >= 0.3 is 0 Å². The molecule has 0 spiro atoms. The standard InChI is InChI=1S/C26H44N2O3/c1-3-4-7-19(2)14-22(29)8-9-23-24-16-20(15-21(24)17-25(23)30)10-11-27-18-26(31)28-12-5-6-13-28/h8-9,15,19,21-25,27,29-30H,3-7,10-14,16-18H2,1-2H3/t19-,21-,22+,23+,24-,25+/m0/s1. The van der Waals surface area contributed by atoms with Gasteiger partial charge in [-0.15, -0.1) is 0 Å². The monoisotopic (exact) mass is 432 g/mol. The minimum Gasteiger partial charge on any atom is -0.392 e. The number of fused-ring (bicyclic) bond motifs is 1. The topological polar surface area (TPSA) is 72.8 Å². The lowest BCUT2D eigenvalue weighted by atomic mass is 9.88. The first-order chi connectivity index (χ1) is 15.0. The predicted octanol–water partition coefficient (Wildman–Crippen LogP) is 3.67. The molecule has 5 heteroatoms. The Kier molecular flexibility index (Phi) is 9.61. The van der Waals surface area contributed by atoms with Gasteiger partial charge in [-0.05, 0) is 62.8 Å². The number of nitrogens with zero attached hydrogens (tertiary/aromatic N) is 1. The predicted molar refractivity (Wildman–Crippen MR) is 126 cm³/mol. The molecule has 2 fully saturated rings. The van der Waals surface area contributed by atoms with E-state index in [-0.39, 0.29) is 17.9 Å². The second-order valence-corrected chi connectivity index (χ2v) is 10.2. The fourth-order valence-corrected chi connectivity index (χ4v) is 5.73. The fourth-order valence-electron chi connectivity index (χ4n) is 5.73. The third kappa shape index (κ3) is 7.16. The van der Waals surface area contributed by atoms with Crippen molar-refractivity contribution < 1.29 is 15.0 Å². The summed E-state index contributed by atoms with van der Waals surface area (Å²) in [5, 5.41) is 24.3. The van der Waals surface area contributed by atoms with Crippen LogP contribution in [0.25, 0.3) is 0 Å². The van der Waals surface area contributed by atoms with Crippen molar-refractivity contribution in [2.45, 2.75) is 83.8 Å². The van der Waals surface area contributed by atoms with Crippen molar-refractivity contribution in [2.75, 3.05) is 26.2 Å². The average molecular weight is 433 g/mol. The molecule has 1 saturated heterocycles. The van der Waals surface area contributed by atoms with E-state index in [1.54, 1.807) is 0 Å². The SMILES string of the molecule is CCCC[C@H](C)C[C@H](O)C=C[C@@H]1[C@H]2CC(CCNCC(=O)N3CCCC3)=C[C@H]2C[C@H]1O. The van der Waals surface area contributed by atoms with Gasteiger partial charge in [-0.3, -0.25) is 4.79 Å². The number of aliphatic hydroxyl groups excluding tert-OH is 2. The van der Waals surface area contributed by atoms with Gasteiger partial charge in [0.15, 0.2) is 0 Å². The molecule has 0 aromatic rings. The molecule has 31 heavy (non-hydrogen) atoms. The van der Waals surface area contributed by atoms with E-state index in [9.17, 15) is 15.0 Å². The van der Waals surface area contributed by atoms with E-state index in [1.165, 1.54) is 24.8 Å². The highest BCUT2D eigenvalue weighted by molar-refractivity contribution is 5.78. The highest BCUT2D eigenvalue weighted by Gasteiger charge is 2.43. The lowest BCUT2D eigenvalue weighted by Crippen LogP contribution is -2.36. The van der Waals surface area contributed by atoms with Crippen molar-refractivity contribution in [1.29, 1.82) is 0 Å². The van der Waals surface area contributed by atoms with Gasteiger partial charge in [-0.1, -0.05) is 56.9 Å². The molecule has 176 valence electrons. The van der Waals surface area contributed by atoms with Gasteiger partial charge in [-0.25, -0.2) is 0 Å². The van der Waals surface area contributed by atoms with Crippen LogP contribution >= 0.6 is 0 Å². The van der Waals surface area contributed by atoms with Crippen LogP contribution in [0, 0.1) is 23.7 Å². The quantitative estimate of drug-likeness (QED) is 0.325. The Morgan fingerprint density at radius 2 is 2.13 bits per heavy atom. The maximum absolute atomic E-state index is 12.1. The van der Waals surface area contributed by atoms with Gasteiger partial charge in [0, 0.05) is 19.0 Å². The van der Waals surface area contributed by atoms with Crippen LogP contribution in [0.5, 0.6) is 0 Å². The Hall–Kier alpha value is -1.17. The van der Waals surface area contributed by atoms with Crippen LogP contribution in [0.1, 0.15) is 71.6 Å². The van der Waals surface area contributed by atoms with Crippen molar-refractivity contribution in [3.63, 3.8) is 0 Å². The maximum Gasteiger partial charge on any atom is 0.236 e. The molecule has 1 heterocycles. The molecule has 3 rings (SSSR count). The number of carbonyl (C=O) groups is 1. The van der Waals surface area contributed by atoms with E-state index in [2.05, 4.69) is 31.3 Å². The normalized spacial score (nSPS) is 30.1. The number of hydrogen-bond donors (Lipinski definition) is 3. The summed E-state index contributed by atoms with van der Waals surface area (Å²) in [6.07, 6.45) is 15.2. The minimum atomic E-state index is -0.413. The Bertz CT molecular complexity index is 626. The summed E-state index contributed by atoms with van der Waals surface area (Å²) >= 11 is 0. The van der Waals surface area contributed by atoms with E-state index in [4.69, 9.17) is 0 Å². The van der Waals surface area contributed by atoms with E-state index < -0.39 is 6.10 Å². The van der Waals surface area contributed by atoms with Gasteiger partial charge in [-0.2, -0.15) is 0 Å². The number of aliphatic hydroxyl groups is 2. The molecular weight excluding hydrogens is 388 g/mol. The zero-order valence-corrected chi connectivity index (χ0v) is 19.6. The highest BCUT2D eigenvalue weighted by Crippen LogP contribution is 2.47. The first-order valence-corrected chi connectivity index (χ1v) is 12.7. The summed E-state index contributed by atoms with van der Waals surface area (Å²) in [5.74, 6) is 1.81. The number of rotatable bonds is 12. The van der Waals surface area contributed by atoms with Crippen LogP contribution in [-0.4, -0.2) is 59.4 Å². The van der Waals surface area contributed by atoms with E-state index in [1.807, 2.05) is 11.0 Å². The second-order valence-electron chi connectivity index (χ2n) is 10.2. The molecule has 0 aromatic heterocycles. The van der Waals surface area contributed by atoms with Crippen molar-refractivity contribution in [3.8, 4) is 0 Å². The van der Waals surface area contributed by atoms with E-state index in [0.29, 0.717) is 24.3 Å². The molecule has 0 aromatic carbocycles. The zero-order chi connectivity index (χ0) is 22.2. The molecular formula is C26H44N2O3. The smallest absolute Gasteiger partial charge is 0.236 e. The first kappa shape index (κ1) is 24.5. The molecule has 0 radical (unpaired) electrons. The molecule has 1 amide bonds. The summed E-state index contributed by atoms with van der Waals surface area (Å²) < 4.78 is 0. The van der Waals surface area contributed by atoms with Crippen molar-refractivity contribution >= 4 is 5.91 Å². The molecule has 3 aliphatic rings. The minimum absolute atomic E-state index is 0.143. The van der Waals surface area contributed by atoms with Gasteiger partial charge in [0.1, 0.15) is 0 Å². The molecule has 1 saturated carbocycles. The number of nitrogens with one attached hydrogen (secondary N) is 1. The Morgan fingerprint density at radius 3 is 2.87 bits per heavy atom. The summed E-state index contributed by atoms with van der Waals surface area (Å²) in [7, 11) is 0. The number of amides is 1. The van der Waals surface area contributed by atoms with Crippen LogP contribution in [-0.2, 0) is 4.79 Å². The van der Waals surface area contributed by atoms with Gasteiger partial charge in [0.2, 0.25) is 5.91 Å². The Labute approximate surface area is 189 Å². The van der Waals surface area contributed by atoms with E-state index >= 15 is 0 Å². The number of hydrogen-bond acceptors (Lipinski definition) is 4. The number of likely N-dealkylation sites (tertiary alicyclic amines) is 1. The Morgan fingerprint density at radius 1 is 1.35 bits per heavy atom. The van der Waals surface area contributed by atoms with Crippen LogP contribution in [0.15, 0.2) is 23.8 Å². The Balaban J connectivity index is 1.38. The molecule has 3 N–H and O–H groups in total. The first-order valence-electron chi connectivity index (χ1n) is 12.7. The number of allylic oxidation sites excluding steroid dienone is 1. The zero-order valence-electron chi connectivity index (χ0n) is 19.6. The molecule has 0 unspecified atom stereocenters. The second kappa shape index (κ2) is 12.2. The molecule has 0 bridgehead atoms. The largest absolute Gasteiger partial charge is 0.392 e. The highest BCUT2D eigenvalue weighted by atomic mass is 16.3. The summed E-state index contributed by atoms with van der Waals surface area (Å²) in [6.45, 7) is 7.53. The molecule has 1 aliphatic heterocycles. The third-order valence-corrected chi connectivity index (χ3v) is 7.56. The van der Waals surface area contributed by atoms with Crippen molar-refractivity contribution in [3.05, 3.63) is 23.8 Å². The lowest BCUT2D eigenvalue weighted by molar-refractivity contribution is -0.129. The number of carbonyl (C=O) groups excluding carboxylic acids is 1. The fraction of sp³-hybridized carbons (Fsp3) is 0.808. The van der Waals surface area contributed by atoms with Crippen molar-refractivity contribution in [2.24, 2.45) is 23.7 Å². The molecule has 5 nitrogen and oxygen atoms in total. The van der Waals surface area contributed by atoms with Crippen molar-refractivity contribution in [1.82, 2.24) is 10.2 Å².